The number of rotatable bonds is 2. The summed E-state index contributed by atoms with van der Waals surface area (Å²) in [5, 5.41) is 9.26. The van der Waals surface area contributed by atoms with Gasteiger partial charge in [0.05, 0.1) is 22.4 Å². The number of hydrogen-bond donors (Lipinski definition) is 1. The maximum Gasteiger partial charge on any atom is 0.335 e. The Kier molecular flexibility index (Phi) is 3.52. The zero-order valence-electron chi connectivity index (χ0n) is 13.7. The van der Waals surface area contributed by atoms with Crippen molar-refractivity contribution in [2.45, 2.75) is 26.2 Å². The van der Waals surface area contributed by atoms with Crippen LogP contribution in [0.5, 0.6) is 0 Å². The molecule has 2 amide bonds. The Morgan fingerprint density at radius 2 is 1.50 bits per heavy atom. The molecule has 0 spiro atoms. The average molecular weight is 323 g/mol. The second-order valence-electron chi connectivity index (χ2n) is 6.78. The topological polar surface area (TPSA) is 74.7 Å². The molecule has 0 atom stereocenters. The molecule has 0 fully saturated rings. The first-order chi connectivity index (χ1) is 11.2. The highest BCUT2D eigenvalue weighted by atomic mass is 16.4. The van der Waals surface area contributed by atoms with Crippen LogP contribution < -0.4 is 4.90 Å². The molecular weight excluding hydrogens is 306 g/mol. The van der Waals surface area contributed by atoms with E-state index in [4.69, 9.17) is 0 Å². The van der Waals surface area contributed by atoms with Crippen LogP contribution in [-0.4, -0.2) is 22.9 Å². The molecule has 2 aromatic rings. The third kappa shape index (κ3) is 2.38. The van der Waals surface area contributed by atoms with E-state index in [2.05, 4.69) is 0 Å². The van der Waals surface area contributed by atoms with Crippen molar-refractivity contribution < 1.29 is 19.5 Å². The van der Waals surface area contributed by atoms with Gasteiger partial charge in [-0.25, -0.2) is 9.69 Å². The van der Waals surface area contributed by atoms with E-state index in [9.17, 15) is 19.5 Å². The molecule has 1 aliphatic heterocycles. The smallest absolute Gasteiger partial charge is 0.335 e. The van der Waals surface area contributed by atoms with Crippen molar-refractivity contribution in [3.8, 4) is 0 Å². The van der Waals surface area contributed by atoms with Crippen molar-refractivity contribution >= 4 is 23.5 Å². The van der Waals surface area contributed by atoms with E-state index in [0.717, 1.165) is 10.5 Å². The van der Waals surface area contributed by atoms with Gasteiger partial charge < -0.3 is 5.11 Å². The Bertz CT molecular complexity index is 842. The summed E-state index contributed by atoms with van der Waals surface area (Å²) in [6, 6.07) is 11.2. The van der Waals surface area contributed by atoms with Crippen LogP contribution in [0.4, 0.5) is 5.69 Å². The van der Waals surface area contributed by atoms with Crippen LogP contribution in [0.3, 0.4) is 0 Å². The predicted molar refractivity (Wildman–Crippen MR) is 89.7 cm³/mol. The monoisotopic (exact) mass is 323 g/mol. The van der Waals surface area contributed by atoms with Crippen LogP contribution in [0.15, 0.2) is 42.5 Å². The van der Waals surface area contributed by atoms with Crippen molar-refractivity contribution in [1.29, 1.82) is 0 Å². The molecular formula is C19H17NO4. The number of imide groups is 1. The van der Waals surface area contributed by atoms with Crippen LogP contribution in [-0.2, 0) is 5.41 Å². The second-order valence-corrected chi connectivity index (χ2v) is 6.78. The first-order valence-electron chi connectivity index (χ1n) is 7.57. The molecule has 5 heteroatoms. The Morgan fingerprint density at radius 1 is 0.958 bits per heavy atom. The van der Waals surface area contributed by atoms with Crippen molar-refractivity contribution in [3.63, 3.8) is 0 Å². The predicted octanol–water partition coefficient (Wildman–Crippen LogP) is 3.48. The lowest BCUT2D eigenvalue weighted by atomic mass is 9.84. The fraction of sp³-hybridized carbons (Fsp3) is 0.211. The minimum atomic E-state index is -1.10. The van der Waals surface area contributed by atoms with Gasteiger partial charge in [-0.2, -0.15) is 0 Å². The standard InChI is InChI=1S/C19H17NO4/c1-19(2,3)14-9-8-11(18(23)24)10-15(14)20-16(21)12-6-4-5-7-13(12)17(20)22/h4-10H,1-3H3,(H,23,24). The molecule has 3 rings (SSSR count). The Morgan fingerprint density at radius 3 is 1.96 bits per heavy atom. The highest BCUT2D eigenvalue weighted by Crippen LogP contribution is 2.37. The molecule has 1 heterocycles. The minimum Gasteiger partial charge on any atom is -0.478 e. The largest absolute Gasteiger partial charge is 0.478 e. The third-order valence-corrected chi connectivity index (χ3v) is 4.09. The Balaban J connectivity index is 2.22. The van der Waals surface area contributed by atoms with Gasteiger partial charge in [-0.15, -0.1) is 0 Å². The number of carbonyl (C=O) groups is 3. The number of benzene rings is 2. The number of anilines is 1. The molecule has 122 valence electrons. The van der Waals surface area contributed by atoms with Crippen molar-refractivity contribution in [2.75, 3.05) is 4.90 Å². The van der Waals surface area contributed by atoms with E-state index >= 15 is 0 Å². The number of hydrogen-bond acceptors (Lipinski definition) is 3. The maximum atomic E-state index is 12.7. The number of carbonyl (C=O) groups excluding carboxylic acids is 2. The number of aromatic carboxylic acids is 1. The quantitative estimate of drug-likeness (QED) is 0.859. The summed E-state index contributed by atoms with van der Waals surface area (Å²) in [7, 11) is 0. The van der Waals surface area contributed by atoms with E-state index in [0.29, 0.717) is 16.8 Å². The fourth-order valence-corrected chi connectivity index (χ4v) is 2.89. The highest BCUT2D eigenvalue weighted by molar-refractivity contribution is 6.34. The molecule has 0 saturated carbocycles. The van der Waals surface area contributed by atoms with Crippen LogP contribution in [0.2, 0.25) is 0 Å². The molecule has 0 saturated heterocycles. The van der Waals surface area contributed by atoms with Gasteiger partial charge in [0.25, 0.3) is 11.8 Å². The fourth-order valence-electron chi connectivity index (χ4n) is 2.89. The van der Waals surface area contributed by atoms with Gasteiger partial charge in [-0.1, -0.05) is 39.0 Å². The summed E-state index contributed by atoms with van der Waals surface area (Å²) in [5.41, 5.74) is 1.41. The molecule has 2 aromatic carbocycles. The van der Waals surface area contributed by atoms with Crippen LogP contribution in [0.25, 0.3) is 0 Å². The van der Waals surface area contributed by atoms with Gasteiger partial charge in [0.1, 0.15) is 0 Å². The second kappa shape index (κ2) is 5.30. The highest BCUT2D eigenvalue weighted by Gasteiger charge is 2.38. The van der Waals surface area contributed by atoms with E-state index in [1.807, 2.05) is 20.8 Å². The third-order valence-electron chi connectivity index (χ3n) is 4.09. The summed E-state index contributed by atoms with van der Waals surface area (Å²) in [4.78, 5) is 37.9. The van der Waals surface area contributed by atoms with Gasteiger partial charge >= 0.3 is 5.97 Å². The van der Waals surface area contributed by atoms with E-state index < -0.39 is 17.8 Å². The lowest BCUT2D eigenvalue weighted by Crippen LogP contribution is -2.32. The number of fused-ring (bicyclic) bond motifs is 1. The molecule has 0 aromatic heterocycles. The first-order valence-corrected chi connectivity index (χ1v) is 7.57. The number of amides is 2. The van der Waals surface area contributed by atoms with Crippen molar-refractivity contribution in [2.24, 2.45) is 0 Å². The summed E-state index contributed by atoms with van der Waals surface area (Å²) < 4.78 is 0. The van der Waals surface area contributed by atoms with Gasteiger partial charge in [-0.05, 0) is 35.2 Å². The van der Waals surface area contributed by atoms with Gasteiger partial charge in [0.2, 0.25) is 0 Å². The molecule has 0 aliphatic carbocycles. The minimum absolute atomic E-state index is 0.0366. The molecule has 0 bridgehead atoms. The Labute approximate surface area is 139 Å². The molecule has 5 nitrogen and oxygen atoms in total. The van der Waals surface area contributed by atoms with Gasteiger partial charge in [-0.3, -0.25) is 9.59 Å². The molecule has 0 unspecified atom stereocenters. The van der Waals surface area contributed by atoms with Crippen LogP contribution in [0.1, 0.15) is 57.4 Å². The zero-order chi connectivity index (χ0) is 17.6. The van der Waals surface area contributed by atoms with Gasteiger partial charge in [0, 0.05) is 0 Å². The number of carboxylic acids is 1. The summed E-state index contributed by atoms with van der Waals surface area (Å²) in [5.74, 6) is -1.96. The molecule has 0 radical (unpaired) electrons. The normalized spacial score (nSPS) is 14.0. The summed E-state index contributed by atoms with van der Waals surface area (Å²) in [6.45, 7) is 5.85. The zero-order valence-corrected chi connectivity index (χ0v) is 13.7. The summed E-state index contributed by atoms with van der Waals surface area (Å²) in [6.07, 6.45) is 0. The van der Waals surface area contributed by atoms with Crippen LogP contribution >= 0.6 is 0 Å². The maximum absolute atomic E-state index is 12.7. The lowest BCUT2D eigenvalue weighted by molar-refractivity contribution is 0.0695. The van der Waals surface area contributed by atoms with E-state index in [1.54, 1.807) is 30.3 Å². The summed E-state index contributed by atoms with van der Waals surface area (Å²) >= 11 is 0. The van der Waals surface area contributed by atoms with Crippen molar-refractivity contribution in [1.82, 2.24) is 0 Å². The number of carboxylic acid groups (broad SMARTS) is 1. The van der Waals surface area contributed by atoms with Gasteiger partial charge in [0.15, 0.2) is 0 Å². The lowest BCUT2D eigenvalue weighted by Gasteiger charge is -2.27. The SMILES string of the molecule is CC(C)(C)c1ccc(C(=O)O)cc1N1C(=O)c2ccccc2C1=O. The first kappa shape index (κ1) is 15.9. The molecule has 1 N–H and O–H groups in total. The van der Waals surface area contributed by atoms with E-state index in [1.165, 1.54) is 12.1 Å². The number of nitrogens with zero attached hydrogens (tertiary/aromatic N) is 1. The molecule has 24 heavy (non-hydrogen) atoms. The van der Waals surface area contributed by atoms with Crippen LogP contribution in [0, 0.1) is 0 Å². The van der Waals surface area contributed by atoms with E-state index in [-0.39, 0.29) is 11.0 Å². The molecule has 1 aliphatic rings. The average Bonchev–Trinajstić information content (AvgIpc) is 2.78. The Hall–Kier alpha value is -2.95. The van der Waals surface area contributed by atoms with Crippen molar-refractivity contribution in [3.05, 3.63) is 64.7 Å².